The van der Waals surface area contributed by atoms with E-state index in [0.717, 1.165) is 82.6 Å². The number of likely N-dealkylation sites (tertiary alicyclic amines) is 2. The van der Waals surface area contributed by atoms with E-state index < -0.39 is 12.1 Å². The van der Waals surface area contributed by atoms with E-state index in [9.17, 15) is 23.1 Å². The molecule has 0 saturated carbocycles. The summed E-state index contributed by atoms with van der Waals surface area (Å²) in [6, 6.07) is 7.89. The Kier molecular flexibility index (Phi) is 8.59. The monoisotopic (exact) mass is 486 g/mol. The molecule has 1 amide bonds. The van der Waals surface area contributed by atoms with Crippen LogP contribution in [0.25, 0.3) is 0 Å². The Labute approximate surface area is 197 Å². The number of ether oxygens (including phenoxy) is 1. The van der Waals surface area contributed by atoms with Crippen LogP contribution in [0.1, 0.15) is 48.0 Å². The van der Waals surface area contributed by atoms with Gasteiger partial charge in [-0.25, -0.2) is 4.79 Å². The zero-order valence-corrected chi connectivity index (χ0v) is 19.4. The van der Waals surface area contributed by atoms with Crippen LogP contribution < -0.4 is 0 Å². The minimum atomic E-state index is -5.08. The quantitative estimate of drug-likeness (QED) is 0.683. The Morgan fingerprint density at radius 3 is 2.32 bits per heavy atom. The predicted octanol–water partition coefficient (Wildman–Crippen LogP) is 3.10. The van der Waals surface area contributed by atoms with Gasteiger partial charge in [0.15, 0.2) is 0 Å². The van der Waals surface area contributed by atoms with Crippen molar-refractivity contribution in [3.05, 3.63) is 35.4 Å². The number of piperidine rings is 2. The molecule has 34 heavy (non-hydrogen) atoms. The second-order valence-corrected chi connectivity index (χ2v) is 9.63. The molecule has 0 radical (unpaired) electrons. The fraction of sp³-hybridized carbons (Fsp3) is 0.667. The number of carbonyl (C=O) groups excluding carboxylic acids is 1. The number of halogens is 3. The molecule has 0 bridgehead atoms. The van der Waals surface area contributed by atoms with Crippen LogP contribution in [0.15, 0.2) is 24.3 Å². The lowest BCUT2D eigenvalue weighted by Crippen LogP contribution is -2.44. The van der Waals surface area contributed by atoms with E-state index in [4.69, 9.17) is 14.6 Å². The van der Waals surface area contributed by atoms with Gasteiger partial charge in [0.1, 0.15) is 0 Å². The van der Waals surface area contributed by atoms with Crippen molar-refractivity contribution < 1.29 is 37.7 Å². The molecule has 3 aliphatic heterocycles. The van der Waals surface area contributed by atoms with Crippen LogP contribution in [0.5, 0.6) is 0 Å². The van der Waals surface area contributed by atoms with Crippen LogP contribution in [0, 0.1) is 12.3 Å². The van der Waals surface area contributed by atoms with Crippen LogP contribution in [-0.4, -0.2) is 89.6 Å². The van der Waals surface area contributed by atoms with Gasteiger partial charge in [0.2, 0.25) is 0 Å². The first-order chi connectivity index (χ1) is 16.0. The lowest BCUT2D eigenvalue weighted by molar-refractivity contribution is -0.192. The molecule has 0 aliphatic carbocycles. The van der Waals surface area contributed by atoms with Crippen LogP contribution >= 0.6 is 0 Å². The normalized spacial score (nSPS) is 23.4. The number of aliphatic hydroxyl groups is 1. The second-order valence-electron chi connectivity index (χ2n) is 9.63. The highest BCUT2D eigenvalue weighted by Gasteiger charge is 2.43. The first-order valence-electron chi connectivity index (χ1n) is 11.7. The molecule has 1 unspecified atom stereocenters. The molecular weight excluding hydrogens is 453 g/mol. The number of amides is 1. The Hall–Kier alpha value is -2.17. The van der Waals surface area contributed by atoms with Crippen molar-refractivity contribution in [3.63, 3.8) is 0 Å². The van der Waals surface area contributed by atoms with E-state index in [-0.39, 0.29) is 17.4 Å². The van der Waals surface area contributed by atoms with Gasteiger partial charge in [-0.05, 0) is 56.6 Å². The van der Waals surface area contributed by atoms with Gasteiger partial charge in [-0.15, -0.1) is 0 Å². The SMILES string of the molecule is Cc1cccc(C(=O)N2CCC3(CC2)COC(CN2CCC(O)CC2)C3)c1.O=C(O)C(F)(F)F. The van der Waals surface area contributed by atoms with Crippen molar-refractivity contribution in [2.75, 3.05) is 39.3 Å². The number of nitrogens with zero attached hydrogens (tertiary/aromatic N) is 2. The molecule has 1 aromatic carbocycles. The summed E-state index contributed by atoms with van der Waals surface area (Å²) in [5.41, 5.74) is 2.19. The number of aliphatic hydroxyl groups excluding tert-OH is 1. The maximum absolute atomic E-state index is 12.8. The van der Waals surface area contributed by atoms with Crippen LogP contribution in [0.2, 0.25) is 0 Å². The average molecular weight is 487 g/mol. The van der Waals surface area contributed by atoms with E-state index in [0.29, 0.717) is 6.10 Å². The third-order valence-corrected chi connectivity index (χ3v) is 6.92. The van der Waals surface area contributed by atoms with Gasteiger partial charge < -0.3 is 24.7 Å². The maximum atomic E-state index is 12.8. The Bertz CT molecular complexity index is 847. The molecule has 2 N–H and O–H groups in total. The first-order valence-corrected chi connectivity index (χ1v) is 11.7. The van der Waals surface area contributed by atoms with Crippen molar-refractivity contribution in [3.8, 4) is 0 Å². The zero-order chi connectivity index (χ0) is 24.9. The van der Waals surface area contributed by atoms with E-state index in [2.05, 4.69) is 4.90 Å². The number of hydrogen-bond donors (Lipinski definition) is 2. The summed E-state index contributed by atoms with van der Waals surface area (Å²) in [5, 5.41) is 16.8. The van der Waals surface area contributed by atoms with Crippen molar-refractivity contribution in [1.82, 2.24) is 9.80 Å². The molecule has 0 aromatic heterocycles. The highest BCUT2D eigenvalue weighted by atomic mass is 19.4. The first kappa shape index (κ1) is 26.4. The lowest BCUT2D eigenvalue weighted by Gasteiger charge is -2.38. The summed E-state index contributed by atoms with van der Waals surface area (Å²) in [5.74, 6) is -2.59. The van der Waals surface area contributed by atoms with E-state index in [1.54, 1.807) is 0 Å². The minimum absolute atomic E-state index is 0.118. The van der Waals surface area contributed by atoms with Gasteiger partial charge in [0.25, 0.3) is 5.91 Å². The summed E-state index contributed by atoms with van der Waals surface area (Å²) in [6.45, 7) is 7.47. The average Bonchev–Trinajstić information content (AvgIpc) is 3.17. The fourth-order valence-electron chi connectivity index (χ4n) is 4.90. The van der Waals surface area contributed by atoms with Gasteiger partial charge >= 0.3 is 12.1 Å². The topological polar surface area (TPSA) is 90.3 Å². The standard InChI is InChI=1S/C22H32N2O3.C2HF3O2/c1-17-3-2-4-18(13-17)21(26)24-11-7-22(8-12-24)14-20(27-16-22)15-23-9-5-19(25)6-10-23;3-2(4,5)1(6)7/h2-4,13,19-20,25H,5-12,14-16H2,1H3;(H,6,7). The molecule has 1 spiro atoms. The third kappa shape index (κ3) is 7.16. The van der Waals surface area contributed by atoms with Crippen LogP contribution in [0.4, 0.5) is 13.2 Å². The number of carbonyl (C=O) groups is 2. The van der Waals surface area contributed by atoms with Crippen molar-refractivity contribution in [1.29, 1.82) is 0 Å². The Morgan fingerprint density at radius 1 is 1.15 bits per heavy atom. The molecular formula is C24H33F3N2O5. The molecule has 1 aromatic rings. The van der Waals surface area contributed by atoms with Crippen LogP contribution in [0.3, 0.4) is 0 Å². The number of benzene rings is 1. The van der Waals surface area contributed by atoms with Gasteiger partial charge in [0, 0.05) is 38.3 Å². The molecule has 3 aliphatic rings. The van der Waals surface area contributed by atoms with E-state index in [1.807, 2.05) is 36.1 Å². The van der Waals surface area contributed by atoms with Crippen molar-refractivity contribution >= 4 is 11.9 Å². The predicted molar refractivity (Wildman–Crippen MR) is 118 cm³/mol. The molecule has 4 rings (SSSR count). The van der Waals surface area contributed by atoms with Gasteiger partial charge in [-0.3, -0.25) is 4.79 Å². The summed E-state index contributed by atoms with van der Waals surface area (Å²) < 4.78 is 37.9. The highest BCUT2D eigenvalue weighted by Crippen LogP contribution is 2.42. The summed E-state index contributed by atoms with van der Waals surface area (Å²) >= 11 is 0. The zero-order valence-electron chi connectivity index (χ0n) is 19.4. The van der Waals surface area contributed by atoms with Gasteiger partial charge in [-0.1, -0.05) is 17.7 Å². The summed E-state index contributed by atoms with van der Waals surface area (Å²) in [7, 11) is 0. The maximum Gasteiger partial charge on any atom is 0.490 e. The summed E-state index contributed by atoms with van der Waals surface area (Å²) in [6.07, 6.45) is 0.0615. The van der Waals surface area contributed by atoms with E-state index in [1.165, 1.54) is 0 Å². The fourth-order valence-corrected chi connectivity index (χ4v) is 4.90. The van der Waals surface area contributed by atoms with Gasteiger partial charge in [0.05, 0.1) is 18.8 Å². The number of alkyl halides is 3. The van der Waals surface area contributed by atoms with Crippen molar-refractivity contribution in [2.24, 2.45) is 5.41 Å². The highest BCUT2D eigenvalue weighted by molar-refractivity contribution is 5.94. The van der Waals surface area contributed by atoms with Crippen LogP contribution in [-0.2, 0) is 9.53 Å². The third-order valence-electron chi connectivity index (χ3n) is 6.92. The smallest absolute Gasteiger partial charge is 0.475 e. The Morgan fingerprint density at radius 2 is 1.76 bits per heavy atom. The molecule has 7 nitrogen and oxygen atoms in total. The molecule has 10 heteroatoms. The van der Waals surface area contributed by atoms with Crippen molar-refractivity contribution in [2.45, 2.75) is 57.4 Å². The summed E-state index contributed by atoms with van der Waals surface area (Å²) in [4.78, 5) is 26.1. The number of aryl methyl sites for hydroxylation is 1. The molecule has 190 valence electrons. The number of carboxylic acid groups (broad SMARTS) is 1. The van der Waals surface area contributed by atoms with E-state index >= 15 is 0 Å². The Balaban J connectivity index is 0.000000406. The number of carboxylic acids is 1. The second kappa shape index (κ2) is 11.0. The molecule has 1 atom stereocenters. The minimum Gasteiger partial charge on any atom is -0.475 e. The largest absolute Gasteiger partial charge is 0.490 e. The lowest BCUT2D eigenvalue weighted by atomic mass is 9.76. The molecule has 3 fully saturated rings. The van der Waals surface area contributed by atoms with Gasteiger partial charge in [-0.2, -0.15) is 13.2 Å². The number of rotatable bonds is 3. The molecule has 3 heterocycles. The number of aliphatic carboxylic acids is 1. The molecule has 3 saturated heterocycles. The number of hydrogen-bond acceptors (Lipinski definition) is 5.